The van der Waals surface area contributed by atoms with Gasteiger partial charge >= 0.3 is 0 Å². The van der Waals surface area contributed by atoms with Crippen molar-refractivity contribution in [2.45, 2.75) is 26.8 Å². The summed E-state index contributed by atoms with van der Waals surface area (Å²) in [6, 6.07) is 3.94. The van der Waals surface area contributed by atoms with E-state index in [0.29, 0.717) is 12.6 Å². The molecule has 0 saturated carbocycles. The smallest absolute Gasteiger partial charge is 0.238 e. The SMILES string of the molecule is Cc1nc(Br)ccc1NC(=O)CNC(C)C. The Balaban J connectivity index is 2.56. The maximum atomic E-state index is 11.5. The van der Waals surface area contributed by atoms with Gasteiger partial charge in [-0.1, -0.05) is 13.8 Å². The summed E-state index contributed by atoms with van der Waals surface area (Å²) in [4.78, 5) is 15.7. The van der Waals surface area contributed by atoms with Gasteiger partial charge in [0.25, 0.3) is 0 Å². The highest BCUT2D eigenvalue weighted by Crippen LogP contribution is 2.15. The zero-order valence-corrected chi connectivity index (χ0v) is 11.3. The summed E-state index contributed by atoms with van der Waals surface area (Å²) in [6.45, 7) is 6.17. The molecule has 1 aromatic rings. The lowest BCUT2D eigenvalue weighted by Gasteiger charge is -2.10. The van der Waals surface area contributed by atoms with Crippen molar-refractivity contribution in [2.24, 2.45) is 0 Å². The number of rotatable bonds is 4. The summed E-state index contributed by atoms with van der Waals surface area (Å²) >= 11 is 3.28. The van der Waals surface area contributed by atoms with Gasteiger partial charge in [0.1, 0.15) is 4.60 Å². The van der Waals surface area contributed by atoms with Gasteiger partial charge in [-0.05, 0) is 35.0 Å². The van der Waals surface area contributed by atoms with Crippen molar-refractivity contribution in [1.29, 1.82) is 0 Å². The maximum absolute atomic E-state index is 11.5. The molecule has 1 rings (SSSR count). The van der Waals surface area contributed by atoms with E-state index in [1.807, 2.05) is 26.8 Å². The zero-order valence-electron chi connectivity index (χ0n) is 9.67. The molecule has 0 atom stereocenters. The van der Waals surface area contributed by atoms with Gasteiger partial charge in [-0.2, -0.15) is 0 Å². The molecule has 0 saturated heterocycles. The van der Waals surface area contributed by atoms with E-state index in [-0.39, 0.29) is 5.91 Å². The maximum Gasteiger partial charge on any atom is 0.238 e. The van der Waals surface area contributed by atoms with Crippen molar-refractivity contribution in [3.05, 3.63) is 22.4 Å². The molecule has 0 aliphatic carbocycles. The van der Waals surface area contributed by atoms with Crippen molar-refractivity contribution in [3.63, 3.8) is 0 Å². The number of aromatic nitrogens is 1. The van der Waals surface area contributed by atoms with E-state index in [9.17, 15) is 4.79 Å². The van der Waals surface area contributed by atoms with Gasteiger partial charge in [-0.3, -0.25) is 4.79 Å². The lowest BCUT2D eigenvalue weighted by atomic mass is 10.3. The van der Waals surface area contributed by atoms with E-state index >= 15 is 0 Å². The number of carbonyl (C=O) groups excluding carboxylic acids is 1. The predicted octanol–water partition coefficient (Wildman–Crippen LogP) is 2.09. The van der Waals surface area contributed by atoms with Crippen LogP contribution in [-0.4, -0.2) is 23.5 Å². The minimum atomic E-state index is -0.0547. The molecule has 0 radical (unpaired) electrons. The Morgan fingerprint density at radius 3 is 2.75 bits per heavy atom. The number of anilines is 1. The first-order valence-corrected chi connectivity index (χ1v) is 5.94. The van der Waals surface area contributed by atoms with Crippen molar-refractivity contribution < 1.29 is 4.79 Å². The van der Waals surface area contributed by atoms with Crippen molar-refractivity contribution >= 4 is 27.5 Å². The fraction of sp³-hybridized carbons (Fsp3) is 0.455. The quantitative estimate of drug-likeness (QED) is 0.833. The lowest BCUT2D eigenvalue weighted by Crippen LogP contribution is -2.32. The summed E-state index contributed by atoms with van der Waals surface area (Å²) in [5, 5.41) is 5.86. The normalized spacial score (nSPS) is 10.6. The minimum absolute atomic E-state index is 0.0547. The first kappa shape index (κ1) is 13.1. The molecule has 1 amide bonds. The van der Waals surface area contributed by atoms with E-state index in [1.165, 1.54) is 0 Å². The van der Waals surface area contributed by atoms with Crippen molar-refractivity contribution in [2.75, 3.05) is 11.9 Å². The molecule has 0 bridgehead atoms. The first-order chi connectivity index (χ1) is 7.49. The molecule has 5 heteroatoms. The number of hydrogen-bond acceptors (Lipinski definition) is 3. The zero-order chi connectivity index (χ0) is 12.1. The summed E-state index contributed by atoms with van der Waals surface area (Å²) < 4.78 is 0.767. The molecule has 1 heterocycles. The summed E-state index contributed by atoms with van der Waals surface area (Å²) in [5.74, 6) is -0.0547. The lowest BCUT2D eigenvalue weighted by molar-refractivity contribution is -0.115. The van der Waals surface area contributed by atoms with Gasteiger partial charge in [-0.15, -0.1) is 0 Å². The first-order valence-electron chi connectivity index (χ1n) is 5.15. The van der Waals surface area contributed by atoms with Crippen LogP contribution < -0.4 is 10.6 Å². The third-order valence-corrected chi connectivity index (χ3v) is 2.44. The van der Waals surface area contributed by atoms with Crippen LogP contribution in [0.1, 0.15) is 19.5 Å². The van der Waals surface area contributed by atoms with Gasteiger partial charge < -0.3 is 10.6 Å². The number of nitrogens with one attached hydrogen (secondary N) is 2. The van der Waals surface area contributed by atoms with Crippen molar-refractivity contribution in [3.8, 4) is 0 Å². The highest BCUT2D eigenvalue weighted by atomic mass is 79.9. The average molecular weight is 286 g/mol. The molecular weight excluding hydrogens is 270 g/mol. The number of hydrogen-bond donors (Lipinski definition) is 2. The fourth-order valence-electron chi connectivity index (χ4n) is 1.15. The number of amides is 1. The molecule has 0 aliphatic heterocycles. The van der Waals surface area contributed by atoms with Crippen LogP contribution in [0.4, 0.5) is 5.69 Å². The Morgan fingerprint density at radius 1 is 1.50 bits per heavy atom. The van der Waals surface area contributed by atoms with Crippen molar-refractivity contribution in [1.82, 2.24) is 10.3 Å². The van der Waals surface area contributed by atoms with Crippen LogP contribution in [0.25, 0.3) is 0 Å². The monoisotopic (exact) mass is 285 g/mol. The molecule has 88 valence electrons. The van der Waals surface area contributed by atoms with Crippen LogP contribution in [0, 0.1) is 6.92 Å². The molecule has 16 heavy (non-hydrogen) atoms. The Bertz CT molecular complexity index is 379. The summed E-state index contributed by atoms with van der Waals surface area (Å²) in [6.07, 6.45) is 0. The number of halogens is 1. The highest BCUT2D eigenvalue weighted by Gasteiger charge is 2.06. The molecule has 4 nitrogen and oxygen atoms in total. The molecule has 0 fully saturated rings. The molecular formula is C11H16BrN3O. The Hall–Kier alpha value is -0.940. The predicted molar refractivity (Wildman–Crippen MR) is 68.4 cm³/mol. The van der Waals surface area contributed by atoms with Gasteiger partial charge in [-0.25, -0.2) is 4.98 Å². The van der Waals surface area contributed by atoms with Gasteiger partial charge in [0, 0.05) is 6.04 Å². The minimum Gasteiger partial charge on any atom is -0.323 e. The Kier molecular flexibility index (Phi) is 4.89. The van der Waals surface area contributed by atoms with Crippen LogP contribution in [0.5, 0.6) is 0 Å². The van der Waals surface area contributed by atoms with Crippen LogP contribution in [-0.2, 0) is 4.79 Å². The molecule has 0 unspecified atom stereocenters. The molecule has 0 aromatic carbocycles. The second kappa shape index (κ2) is 5.96. The molecule has 1 aromatic heterocycles. The number of nitrogens with zero attached hydrogens (tertiary/aromatic N) is 1. The van der Waals surface area contributed by atoms with Crippen LogP contribution >= 0.6 is 15.9 Å². The van der Waals surface area contributed by atoms with Crippen LogP contribution in [0.2, 0.25) is 0 Å². The fourth-order valence-corrected chi connectivity index (χ4v) is 1.55. The number of pyridine rings is 1. The topological polar surface area (TPSA) is 54.0 Å². The largest absolute Gasteiger partial charge is 0.323 e. The Morgan fingerprint density at radius 2 is 2.19 bits per heavy atom. The summed E-state index contributed by atoms with van der Waals surface area (Å²) in [7, 11) is 0. The Labute approximate surface area is 104 Å². The third-order valence-electron chi connectivity index (χ3n) is 2.00. The van der Waals surface area contributed by atoms with Gasteiger partial charge in [0.05, 0.1) is 17.9 Å². The molecule has 2 N–H and O–H groups in total. The van der Waals surface area contributed by atoms with E-state index < -0.39 is 0 Å². The second-order valence-corrected chi connectivity index (χ2v) is 4.66. The average Bonchev–Trinajstić information content (AvgIpc) is 2.19. The van der Waals surface area contributed by atoms with E-state index in [0.717, 1.165) is 16.0 Å². The standard InChI is InChI=1S/C11H16BrN3O/c1-7(2)13-6-11(16)15-9-4-5-10(12)14-8(9)3/h4-5,7,13H,6H2,1-3H3,(H,15,16). The third kappa shape index (κ3) is 4.28. The van der Waals surface area contributed by atoms with Crippen LogP contribution in [0.3, 0.4) is 0 Å². The van der Waals surface area contributed by atoms with E-state index in [4.69, 9.17) is 0 Å². The van der Waals surface area contributed by atoms with Crippen LogP contribution in [0.15, 0.2) is 16.7 Å². The molecule has 0 aliphatic rings. The molecule has 0 spiro atoms. The number of carbonyl (C=O) groups is 1. The van der Waals surface area contributed by atoms with E-state index in [1.54, 1.807) is 6.07 Å². The number of aryl methyl sites for hydroxylation is 1. The van der Waals surface area contributed by atoms with E-state index in [2.05, 4.69) is 31.5 Å². The second-order valence-electron chi connectivity index (χ2n) is 3.85. The van der Waals surface area contributed by atoms with Gasteiger partial charge in [0.2, 0.25) is 5.91 Å². The van der Waals surface area contributed by atoms with Gasteiger partial charge in [0.15, 0.2) is 0 Å². The highest BCUT2D eigenvalue weighted by molar-refractivity contribution is 9.10. The summed E-state index contributed by atoms with van der Waals surface area (Å²) in [5.41, 5.74) is 1.55.